The fourth-order valence-corrected chi connectivity index (χ4v) is 2.73. The van der Waals surface area contributed by atoms with Gasteiger partial charge in [0.1, 0.15) is 11.5 Å². The Kier molecular flexibility index (Phi) is 4.56. The van der Waals surface area contributed by atoms with Gasteiger partial charge in [-0.1, -0.05) is 12.8 Å². The maximum atomic E-state index is 13.5. The molecular weight excluding hydrogens is 366 g/mol. The third-order valence-corrected chi connectivity index (χ3v) is 4.13. The van der Waals surface area contributed by atoms with Crippen molar-refractivity contribution in [1.82, 2.24) is 0 Å². The van der Waals surface area contributed by atoms with E-state index in [0.717, 1.165) is 25.3 Å². The fourth-order valence-electron chi connectivity index (χ4n) is 2.28. The third kappa shape index (κ3) is 3.33. The lowest BCUT2D eigenvalue weighted by Gasteiger charge is -2.29. The first kappa shape index (κ1) is 14.4. The molecule has 0 saturated heterocycles. The Morgan fingerprint density at radius 2 is 2.11 bits per heavy atom. The van der Waals surface area contributed by atoms with Gasteiger partial charge in [0.25, 0.3) is 5.69 Å². The number of nitro groups is 1. The summed E-state index contributed by atoms with van der Waals surface area (Å²) >= 11 is 1.72. The quantitative estimate of drug-likeness (QED) is 0.480. The number of anilines is 1. The van der Waals surface area contributed by atoms with E-state index in [1.807, 2.05) is 0 Å². The highest BCUT2D eigenvalue weighted by molar-refractivity contribution is 14.1. The van der Waals surface area contributed by atoms with Crippen LogP contribution in [-0.2, 0) is 0 Å². The van der Waals surface area contributed by atoms with Crippen molar-refractivity contribution in [2.45, 2.75) is 37.8 Å². The molecule has 2 unspecified atom stereocenters. The summed E-state index contributed by atoms with van der Waals surface area (Å²) in [7, 11) is 0. The predicted molar refractivity (Wildman–Crippen MR) is 77.7 cm³/mol. The maximum Gasteiger partial charge on any atom is 0.293 e. The molecule has 0 heterocycles. The van der Waals surface area contributed by atoms with E-state index in [1.54, 1.807) is 22.6 Å². The van der Waals surface area contributed by atoms with E-state index in [-0.39, 0.29) is 21.0 Å². The Hall–Kier alpha value is -0.960. The lowest BCUT2D eigenvalue weighted by Crippen LogP contribution is -2.36. The minimum Gasteiger partial charge on any atom is -0.391 e. The summed E-state index contributed by atoms with van der Waals surface area (Å²) < 4.78 is 13.7. The molecule has 19 heavy (non-hydrogen) atoms. The molecule has 1 saturated carbocycles. The monoisotopic (exact) mass is 380 g/mol. The molecule has 0 amide bonds. The van der Waals surface area contributed by atoms with Crippen molar-refractivity contribution in [3.05, 3.63) is 31.6 Å². The van der Waals surface area contributed by atoms with Crippen molar-refractivity contribution < 1.29 is 14.4 Å². The Labute approximate surface area is 123 Å². The van der Waals surface area contributed by atoms with Gasteiger partial charge in [-0.15, -0.1) is 0 Å². The summed E-state index contributed by atoms with van der Waals surface area (Å²) in [5.41, 5.74) is -0.0301. The average molecular weight is 380 g/mol. The van der Waals surface area contributed by atoms with Gasteiger partial charge < -0.3 is 10.4 Å². The highest BCUT2D eigenvalue weighted by Crippen LogP contribution is 2.31. The molecule has 5 nitrogen and oxygen atoms in total. The number of hydrogen-bond acceptors (Lipinski definition) is 4. The molecule has 0 aliphatic heterocycles. The summed E-state index contributed by atoms with van der Waals surface area (Å²) in [6.45, 7) is 0. The molecule has 2 rings (SSSR count). The zero-order valence-corrected chi connectivity index (χ0v) is 12.3. The molecule has 0 spiro atoms. The summed E-state index contributed by atoms with van der Waals surface area (Å²) in [5, 5.41) is 23.8. The molecule has 1 aromatic carbocycles. The fraction of sp³-hybridized carbons (Fsp3) is 0.500. The molecule has 1 fully saturated rings. The summed E-state index contributed by atoms with van der Waals surface area (Å²) in [4.78, 5) is 10.4. The number of halogens is 2. The van der Waals surface area contributed by atoms with Crippen molar-refractivity contribution in [3.8, 4) is 0 Å². The lowest BCUT2D eigenvalue weighted by atomic mass is 9.92. The van der Waals surface area contributed by atoms with Crippen molar-refractivity contribution >= 4 is 34.0 Å². The first-order valence-electron chi connectivity index (χ1n) is 6.07. The molecule has 104 valence electrons. The molecule has 2 atom stereocenters. The standard InChI is InChI=1S/C12H14FIN2O3/c13-7-5-10(11(16(18)19)6-8(7)14)15-9-3-1-2-4-12(9)17/h5-6,9,12,15,17H,1-4H2. The van der Waals surface area contributed by atoms with Gasteiger partial charge >= 0.3 is 0 Å². The van der Waals surface area contributed by atoms with Gasteiger partial charge in [-0.2, -0.15) is 0 Å². The zero-order valence-electron chi connectivity index (χ0n) is 10.1. The zero-order chi connectivity index (χ0) is 14.0. The predicted octanol–water partition coefficient (Wildman–Crippen LogP) is 3.05. The largest absolute Gasteiger partial charge is 0.391 e. The third-order valence-electron chi connectivity index (χ3n) is 3.31. The summed E-state index contributed by atoms with van der Waals surface area (Å²) in [5.74, 6) is -0.501. The van der Waals surface area contributed by atoms with Crippen LogP contribution in [0.5, 0.6) is 0 Å². The highest BCUT2D eigenvalue weighted by atomic mass is 127. The van der Waals surface area contributed by atoms with Crippen LogP contribution in [0, 0.1) is 19.5 Å². The van der Waals surface area contributed by atoms with E-state index in [2.05, 4.69) is 5.32 Å². The van der Waals surface area contributed by atoms with Crippen LogP contribution in [0.3, 0.4) is 0 Å². The van der Waals surface area contributed by atoms with Crippen molar-refractivity contribution in [1.29, 1.82) is 0 Å². The number of aliphatic hydroxyl groups excluding tert-OH is 1. The molecule has 1 aliphatic carbocycles. The van der Waals surface area contributed by atoms with E-state index < -0.39 is 16.8 Å². The Morgan fingerprint density at radius 3 is 2.74 bits per heavy atom. The van der Waals surface area contributed by atoms with E-state index in [9.17, 15) is 19.6 Å². The minimum atomic E-state index is -0.546. The second-order valence-corrected chi connectivity index (χ2v) is 5.81. The van der Waals surface area contributed by atoms with Crippen LogP contribution in [0.1, 0.15) is 25.7 Å². The first-order valence-corrected chi connectivity index (χ1v) is 7.15. The number of benzene rings is 1. The maximum absolute atomic E-state index is 13.5. The highest BCUT2D eigenvalue weighted by Gasteiger charge is 2.26. The van der Waals surface area contributed by atoms with E-state index >= 15 is 0 Å². The number of nitrogens with one attached hydrogen (secondary N) is 1. The van der Waals surface area contributed by atoms with Crippen molar-refractivity contribution in [3.63, 3.8) is 0 Å². The first-order chi connectivity index (χ1) is 8.99. The van der Waals surface area contributed by atoms with Gasteiger partial charge in [0, 0.05) is 12.1 Å². The van der Waals surface area contributed by atoms with Gasteiger partial charge in [-0.25, -0.2) is 4.39 Å². The summed E-state index contributed by atoms with van der Waals surface area (Å²) in [6, 6.07) is 2.07. The number of nitro benzene ring substituents is 1. The normalized spacial score (nSPS) is 23.1. The second-order valence-electron chi connectivity index (χ2n) is 4.64. The Bertz CT molecular complexity index is 498. The Balaban J connectivity index is 2.27. The van der Waals surface area contributed by atoms with Crippen LogP contribution in [-0.4, -0.2) is 22.2 Å². The molecule has 0 aromatic heterocycles. The topological polar surface area (TPSA) is 75.4 Å². The van der Waals surface area contributed by atoms with E-state index in [0.29, 0.717) is 6.42 Å². The van der Waals surface area contributed by atoms with Gasteiger partial charge in [-0.3, -0.25) is 10.1 Å². The SMILES string of the molecule is O=[N+]([O-])c1cc(I)c(F)cc1NC1CCCCC1O. The van der Waals surface area contributed by atoms with Crippen LogP contribution < -0.4 is 5.32 Å². The van der Waals surface area contributed by atoms with Crippen LogP contribution in [0.2, 0.25) is 0 Å². The molecule has 0 radical (unpaired) electrons. The molecule has 7 heteroatoms. The van der Waals surface area contributed by atoms with Crippen LogP contribution >= 0.6 is 22.6 Å². The molecular formula is C12H14FIN2O3. The second kappa shape index (κ2) is 6.00. The number of nitrogens with zero attached hydrogens (tertiary/aromatic N) is 1. The number of aliphatic hydroxyl groups is 1. The van der Waals surface area contributed by atoms with Gasteiger partial charge in [0.2, 0.25) is 0 Å². The summed E-state index contributed by atoms with van der Waals surface area (Å²) in [6.07, 6.45) is 2.75. The van der Waals surface area contributed by atoms with Crippen LogP contribution in [0.15, 0.2) is 12.1 Å². The van der Waals surface area contributed by atoms with Gasteiger partial charge in [0.05, 0.1) is 20.6 Å². The van der Waals surface area contributed by atoms with Gasteiger partial charge in [0.15, 0.2) is 0 Å². The molecule has 1 aromatic rings. The van der Waals surface area contributed by atoms with E-state index in [4.69, 9.17) is 0 Å². The molecule has 2 N–H and O–H groups in total. The number of rotatable bonds is 3. The van der Waals surface area contributed by atoms with Crippen LogP contribution in [0.25, 0.3) is 0 Å². The van der Waals surface area contributed by atoms with Crippen LogP contribution in [0.4, 0.5) is 15.8 Å². The van der Waals surface area contributed by atoms with Gasteiger partial charge in [-0.05, 0) is 35.4 Å². The molecule has 0 bridgehead atoms. The minimum absolute atomic E-state index is 0.133. The average Bonchev–Trinajstić information content (AvgIpc) is 2.36. The van der Waals surface area contributed by atoms with E-state index in [1.165, 1.54) is 6.07 Å². The Morgan fingerprint density at radius 1 is 1.42 bits per heavy atom. The molecule has 1 aliphatic rings. The van der Waals surface area contributed by atoms with Crippen molar-refractivity contribution in [2.24, 2.45) is 0 Å². The van der Waals surface area contributed by atoms with Crippen molar-refractivity contribution in [2.75, 3.05) is 5.32 Å². The number of hydrogen-bond donors (Lipinski definition) is 2. The lowest BCUT2D eigenvalue weighted by molar-refractivity contribution is -0.384. The smallest absolute Gasteiger partial charge is 0.293 e.